The van der Waals surface area contributed by atoms with Crippen LogP contribution in [-0.2, 0) is 10.0 Å². The number of nitrogens with one attached hydrogen (secondary N) is 1. The van der Waals surface area contributed by atoms with Gasteiger partial charge in [-0.15, -0.1) is 5.11 Å². The summed E-state index contributed by atoms with van der Waals surface area (Å²) >= 11 is 0. The molecule has 0 aliphatic rings. The molecule has 184 valence electrons. The lowest BCUT2D eigenvalue weighted by molar-refractivity contribution is 0.101. The molecule has 9 nitrogen and oxygen atoms in total. The fraction of sp³-hybridized carbons (Fsp3) is 0.154. The van der Waals surface area contributed by atoms with Crippen molar-refractivity contribution in [3.05, 3.63) is 100 Å². The topological polar surface area (TPSA) is 117 Å². The van der Waals surface area contributed by atoms with Gasteiger partial charge in [0.15, 0.2) is 11.5 Å². The van der Waals surface area contributed by atoms with Crippen molar-refractivity contribution in [1.82, 2.24) is 9.78 Å². The van der Waals surface area contributed by atoms with Crippen LogP contribution in [0.15, 0.2) is 98.8 Å². The Morgan fingerprint density at radius 3 is 2.17 bits per heavy atom. The average molecular weight is 504 g/mol. The van der Waals surface area contributed by atoms with Crippen molar-refractivity contribution in [2.45, 2.75) is 25.7 Å². The first kappa shape index (κ1) is 24.8. The van der Waals surface area contributed by atoms with Crippen molar-refractivity contribution in [2.24, 2.45) is 10.2 Å². The number of benzene rings is 3. The van der Waals surface area contributed by atoms with E-state index >= 15 is 0 Å². The number of hydrogen-bond donors (Lipinski definition) is 1. The van der Waals surface area contributed by atoms with E-state index in [-0.39, 0.29) is 28.5 Å². The van der Waals surface area contributed by atoms with Gasteiger partial charge in [-0.3, -0.25) is 19.0 Å². The first-order valence-electron chi connectivity index (χ1n) is 11.2. The second-order valence-corrected chi connectivity index (χ2v) is 9.89. The number of H-pyrrole nitrogens is 1. The van der Waals surface area contributed by atoms with Gasteiger partial charge in [0.05, 0.1) is 27.7 Å². The van der Waals surface area contributed by atoms with Crippen molar-refractivity contribution in [3.8, 4) is 5.69 Å². The Bertz CT molecular complexity index is 1570. The van der Waals surface area contributed by atoms with Crippen LogP contribution in [0.2, 0.25) is 0 Å². The standard InChI is InChI=1S/C26H25N5O4S/c1-4-30(22-14-10-20(11-15-22)19(3)32)36(34,35)24-16-12-21(13-17-24)27-28-25-18(2)29-31(26(25)33)23-8-6-5-7-9-23/h5-17,29H,4H2,1-3H3. The molecule has 0 aliphatic carbocycles. The molecule has 0 aliphatic heterocycles. The van der Waals surface area contributed by atoms with Crippen LogP contribution >= 0.6 is 0 Å². The summed E-state index contributed by atoms with van der Waals surface area (Å²) < 4.78 is 29.2. The number of ketones is 1. The molecule has 0 fully saturated rings. The molecular formula is C26H25N5O4S. The number of carbonyl (C=O) groups excluding carboxylic acids is 1. The number of hydrogen-bond acceptors (Lipinski definition) is 6. The summed E-state index contributed by atoms with van der Waals surface area (Å²) in [6.45, 7) is 5.13. The first-order chi connectivity index (χ1) is 17.2. The summed E-state index contributed by atoms with van der Waals surface area (Å²) in [5.41, 5.74) is 2.44. The Labute approximate surface area is 208 Å². The van der Waals surface area contributed by atoms with Gasteiger partial charge < -0.3 is 0 Å². The maximum absolute atomic E-state index is 13.3. The molecule has 0 radical (unpaired) electrons. The number of aryl methyl sites for hydroxylation is 1. The third-order valence-electron chi connectivity index (χ3n) is 5.59. The molecule has 10 heteroatoms. The molecule has 3 aromatic carbocycles. The molecule has 0 unspecified atom stereocenters. The van der Waals surface area contributed by atoms with Crippen LogP contribution in [0.5, 0.6) is 0 Å². The third kappa shape index (κ3) is 4.89. The fourth-order valence-electron chi connectivity index (χ4n) is 3.69. The van der Waals surface area contributed by atoms with Crippen molar-refractivity contribution in [3.63, 3.8) is 0 Å². The van der Waals surface area contributed by atoms with E-state index in [1.165, 1.54) is 40.2 Å². The zero-order valence-electron chi connectivity index (χ0n) is 20.0. The third-order valence-corrected chi connectivity index (χ3v) is 7.51. The lowest BCUT2D eigenvalue weighted by Crippen LogP contribution is -2.30. The molecule has 4 rings (SSSR count). The van der Waals surface area contributed by atoms with Gasteiger partial charge in [-0.2, -0.15) is 5.11 Å². The molecular weight excluding hydrogens is 478 g/mol. The molecule has 1 aromatic heterocycles. The van der Waals surface area contributed by atoms with Gasteiger partial charge in [0, 0.05) is 12.1 Å². The molecule has 0 saturated heterocycles. The molecule has 0 atom stereocenters. The van der Waals surface area contributed by atoms with Crippen molar-refractivity contribution in [1.29, 1.82) is 0 Å². The van der Waals surface area contributed by atoms with Crippen molar-refractivity contribution in [2.75, 3.05) is 10.8 Å². The maximum Gasteiger partial charge on any atom is 0.299 e. The quantitative estimate of drug-likeness (QED) is 0.259. The smallest absolute Gasteiger partial charge is 0.295 e. The normalized spacial score (nSPS) is 11.6. The first-order valence-corrected chi connectivity index (χ1v) is 12.7. The van der Waals surface area contributed by atoms with Gasteiger partial charge in [-0.05, 0) is 81.4 Å². The number of para-hydroxylation sites is 1. The van der Waals surface area contributed by atoms with E-state index in [1.807, 2.05) is 18.2 Å². The highest BCUT2D eigenvalue weighted by molar-refractivity contribution is 7.92. The summed E-state index contributed by atoms with van der Waals surface area (Å²) in [7, 11) is -3.84. The number of nitrogens with zero attached hydrogens (tertiary/aromatic N) is 4. The van der Waals surface area contributed by atoms with Crippen LogP contribution in [0, 0.1) is 6.92 Å². The Morgan fingerprint density at radius 1 is 0.944 bits per heavy atom. The van der Waals surface area contributed by atoms with E-state index < -0.39 is 10.0 Å². The van der Waals surface area contributed by atoms with E-state index in [4.69, 9.17) is 0 Å². The van der Waals surface area contributed by atoms with Crippen LogP contribution in [0.1, 0.15) is 29.9 Å². The van der Waals surface area contributed by atoms with E-state index in [1.54, 1.807) is 50.2 Å². The van der Waals surface area contributed by atoms with E-state index in [0.29, 0.717) is 28.3 Å². The monoisotopic (exact) mass is 503 g/mol. The molecule has 36 heavy (non-hydrogen) atoms. The minimum absolute atomic E-state index is 0.0863. The summed E-state index contributed by atoms with van der Waals surface area (Å²) in [6, 6.07) is 21.5. The highest BCUT2D eigenvalue weighted by Crippen LogP contribution is 2.26. The molecule has 4 aromatic rings. The number of azo groups is 1. The number of carbonyl (C=O) groups is 1. The Balaban J connectivity index is 1.57. The zero-order chi connectivity index (χ0) is 25.9. The molecule has 0 spiro atoms. The molecule has 1 heterocycles. The van der Waals surface area contributed by atoms with Gasteiger partial charge in [-0.1, -0.05) is 18.2 Å². The number of aromatic nitrogens is 2. The summed E-state index contributed by atoms with van der Waals surface area (Å²) in [6.07, 6.45) is 0. The second kappa shape index (κ2) is 10.1. The molecule has 0 saturated carbocycles. The molecule has 0 bridgehead atoms. The Hall–Kier alpha value is -4.31. The van der Waals surface area contributed by atoms with Crippen LogP contribution in [0.25, 0.3) is 5.69 Å². The minimum atomic E-state index is -3.84. The van der Waals surface area contributed by atoms with Gasteiger partial charge in [0.1, 0.15) is 0 Å². The fourth-order valence-corrected chi connectivity index (χ4v) is 5.16. The predicted molar refractivity (Wildman–Crippen MR) is 138 cm³/mol. The Kier molecular flexibility index (Phi) is 6.98. The average Bonchev–Trinajstić information content (AvgIpc) is 3.17. The highest BCUT2D eigenvalue weighted by atomic mass is 32.2. The lowest BCUT2D eigenvalue weighted by atomic mass is 10.1. The van der Waals surface area contributed by atoms with Crippen LogP contribution < -0.4 is 9.86 Å². The molecule has 0 amide bonds. The maximum atomic E-state index is 13.3. The van der Waals surface area contributed by atoms with Crippen LogP contribution in [0.4, 0.5) is 17.1 Å². The SMILES string of the molecule is CCN(c1ccc(C(C)=O)cc1)S(=O)(=O)c1ccc(N=Nc2c(C)[nH]n(-c3ccccc3)c2=O)cc1. The Morgan fingerprint density at radius 2 is 1.58 bits per heavy atom. The number of sulfonamides is 1. The van der Waals surface area contributed by atoms with E-state index in [9.17, 15) is 18.0 Å². The second-order valence-electron chi connectivity index (χ2n) is 8.03. The van der Waals surface area contributed by atoms with Crippen molar-refractivity contribution >= 4 is 32.9 Å². The number of aromatic amines is 1. The van der Waals surface area contributed by atoms with Gasteiger partial charge >= 0.3 is 0 Å². The van der Waals surface area contributed by atoms with Crippen molar-refractivity contribution < 1.29 is 13.2 Å². The number of rotatable bonds is 8. The number of anilines is 1. The zero-order valence-corrected chi connectivity index (χ0v) is 20.9. The minimum Gasteiger partial charge on any atom is -0.295 e. The molecule has 1 N–H and O–H groups in total. The van der Waals surface area contributed by atoms with Crippen LogP contribution in [-0.4, -0.2) is 30.5 Å². The largest absolute Gasteiger partial charge is 0.299 e. The summed E-state index contributed by atoms with van der Waals surface area (Å²) in [5.74, 6) is -0.0916. The summed E-state index contributed by atoms with van der Waals surface area (Å²) in [4.78, 5) is 24.4. The van der Waals surface area contributed by atoms with Gasteiger partial charge in [0.25, 0.3) is 15.6 Å². The van der Waals surface area contributed by atoms with E-state index in [2.05, 4.69) is 15.3 Å². The van der Waals surface area contributed by atoms with Crippen LogP contribution in [0.3, 0.4) is 0 Å². The lowest BCUT2D eigenvalue weighted by Gasteiger charge is -2.23. The van der Waals surface area contributed by atoms with Gasteiger partial charge in [-0.25, -0.2) is 13.1 Å². The number of Topliss-reactive ketones (excluding diaryl/α,β-unsaturated/α-hetero) is 1. The van der Waals surface area contributed by atoms with Gasteiger partial charge in [0.2, 0.25) is 0 Å². The summed E-state index contributed by atoms with van der Waals surface area (Å²) in [5, 5.41) is 11.2. The van der Waals surface area contributed by atoms with E-state index in [0.717, 1.165) is 0 Å². The highest BCUT2D eigenvalue weighted by Gasteiger charge is 2.23. The predicted octanol–water partition coefficient (Wildman–Crippen LogP) is 5.31.